The van der Waals surface area contributed by atoms with Crippen LogP contribution < -0.4 is 5.32 Å². The number of urea groups is 1. The SMILES string of the molecule is CCOC(=O)N1CCC(NC(=O)N(CCN(CC)CC)CC(C)C)CC1. The number of likely N-dealkylation sites (N-methyl/N-ethyl adjacent to an activating group) is 1. The van der Waals surface area contributed by atoms with E-state index in [9.17, 15) is 9.59 Å². The molecule has 1 heterocycles. The number of piperidine rings is 1. The molecule has 1 rings (SSSR count). The molecule has 1 aliphatic rings. The summed E-state index contributed by atoms with van der Waals surface area (Å²) in [6.45, 7) is 16.4. The van der Waals surface area contributed by atoms with E-state index in [1.807, 2.05) is 11.8 Å². The minimum Gasteiger partial charge on any atom is -0.450 e. The van der Waals surface area contributed by atoms with Crippen molar-refractivity contribution in [3.05, 3.63) is 0 Å². The lowest BCUT2D eigenvalue weighted by atomic mass is 10.1. The van der Waals surface area contributed by atoms with Crippen molar-refractivity contribution in [1.82, 2.24) is 20.0 Å². The summed E-state index contributed by atoms with van der Waals surface area (Å²) < 4.78 is 5.04. The lowest BCUT2D eigenvalue weighted by Gasteiger charge is -2.34. The summed E-state index contributed by atoms with van der Waals surface area (Å²) in [5, 5.41) is 3.17. The molecule has 3 amide bonds. The van der Waals surface area contributed by atoms with E-state index >= 15 is 0 Å². The highest BCUT2D eigenvalue weighted by atomic mass is 16.6. The lowest BCUT2D eigenvalue weighted by Crippen LogP contribution is -2.52. The number of hydrogen-bond donors (Lipinski definition) is 1. The van der Waals surface area contributed by atoms with Crippen LogP contribution in [0.5, 0.6) is 0 Å². The van der Waals surface area contributed by atoms with Crippen LogP contribution in [0.15, 0.2) is 0 Å². The van der Waals surface area contributed by atoms with E-state index < -0.39 is 0 Å². The first-order valence-electron chi connectivity index (χ1n) is 10.1. The monoisotopic (exact) mass is 370 g/mol. The first kappa shape index (κ1) is 22.5. The second kappa shape index (κ2) is 12.0. The average Bonchev–Trinajstić information content (AvgIpc) is 2.62. The van der Waals surface area contributed by atoms with E-state index in [0.29, 0.717) is 25.6 Å². The fourth-order valence-electron chi connectivity index (χ4n) is 3.21. The highest BCUT2D eigenvalue weighted by molar-refractivity contribution is 5.74. The van der Waals surface area contributed by atoms with Crippen LogP contribution in [0.4, 0.5) is 9.59 Å². The highest BCUT2D eigenvalue weighted by Gasteiger charge is 2.26. The molecule has 0 atom stereocenters. The van der Waals surface area contributed by atoms with E-state index in [2.05, 4.69) is 37.9 Å². The van der Waals surface area contributed by atoms with Crippen LogP contribution in [0.25, 0.3) is 0 Å². The summed E-state index contributed by atoms with van der Waals surface area (Å²) in [7, 11) is 0. The Morgan fingerprint density at radius 2 is 1.73 bits per heavy atom. The van der Waals surface area contributed by atoms with Crippen molar-refractivity contribution in [2.24, 2.45) is 5.92 Å². The van der Waals surface area contributed by atoms with Gasteiger partial charge in [-0.3, -0.25) is 0 Å². The number of rotatable bonds is 9. The number of likely N-dealkylation sites (tertiary alicyclic amines) is 1. The smallest absolute Gasteiger partial charge is 0.409 e. The normalized spacial score (nSPS) is 15.4. The third-order valence-corrected chi connectivity index (χ3v) is 4.80. The van der Waals surface area contributed by atoms with Gasteiger partial charge in [0.2, 0.25) is 0 Å². The van der Waals surface area contributed by atoms with Crippen LogP contribution >= 0.6 is 0 Å². The van der Waals surface area contributed by atoms with Crippen LogP contribution in [0.2, 0.25) is 0 Å². The largest absolute Gasteiger partial charge is 0.450 e. The van der Waals surface area contributed by atoms with Crippen molar-refractivity contribution in [3.63, 3.8) is 0 Å². The average molecular weight is 371 g/mol. The Morgan fingerprint density at radius 1 is 1.12 bits per heavy atom. The molecule has 0 unspecified atom stereocenters. The van der Waals surface area contributed by atoms with Gasteiger partial charge in [-0.25, -0.2) is 9.59 Å². The summed E-state index contributed by atoms with van der Waals surface area (Å²) in [4.78, 5) is 30.5. The van der Waals surface area contributed by atoms with Gasteiger partial charge < -0.3 is 24.8 Å². The molecular weight excluding hydrogens is 332 g/mol. The molecule has 26 heavy (non-hydrogen) atoms. The minimum absolute atomic E-state index is 0.0143. The number of ether oxygens (including phenoxy) is 1. The maximum atomic E-state index is 12.7. The number of carbonyl (C=O) groups excluding carboxylic acids is 2. The molecule has 0 bridgehead atoms. The Hall–Kier alpha value is -1.50. The van der Waals surface area contributed by atoms with E-state index in [0.717, 1.165) is 45.6 Å². The van der Waals surface area contributed by atoms with Crippen molar-refractivity contribution >= 4 is 12.1 Å². The van der Waals surface area contributed by atoms with Gasteiger partial charge in [-0.05, 0) is 38.8 Å². The van der Waals surface area contributed by atoms with Crippen LogP contribution in [0.3, 0.4) is 0 Å². The minimum atomic E-state index is -0.252. The number of carbonyl (C=O) groups is 2. The van der Waals surface area contributed by atoms with Crippen molar-refractivity contribution < 1.29 is 14.3 Å². The summed E-state index contributed by atoms with van der Waals surface area (Å²) in [6.07, 6.45) is 1.30. The zero-order valence-corrected chi connectivity index (χ0v) is 17.3. The van der Waals surface area contributed by atoms with E-state index in [-0.39, 0.29) is 18.2 Å². The molecule has 1 aliphatic heterocycles. The summed E-state index contributed by atoms with van der Waals surface area (Å²) >= 11 is 0. The predicted octanol–water partition coefficient (Wildman–Crippen LogP) is 2.62. The maximum Gasteiger partial charge on any atom is 0.409 e. The van der Waals surface area contributed by atoms with Gasteiger partial charge in [0.05, 0.1) is 6.61 Å². The fourth-order valence-corrected chi connectivity index (χ4v) is 3.21. The zero-order valence-electron chi connectivity index (χ0n) is 17.3. The third-order valence-electron chi connectivity index (χ3n) is 4.80. The number of amides is 3. The molecule has 1 N–H and O–H groups in total. The Balaban J connectivity index is 2.49. The van der Waals surface area contributed by atoms with Crippen molar-refractivity contribution in [2.75, 3.05) is 52.4 Å². The predicted molar refractivity (Wildman–Crippen MR) is 104 cm³/mol. The van der Waals surface area contributed by atoms with Gasteiger partial charge >= 0.3 is 12.1 Å². The maximum absolute atomic E-state index is 12.7. The number of hydrogen-bond acceptors (Lipinski definition) is 4. The molecule has 0 spiro atoms. The topological polar surface area (TPSA) is 65.1 Å². The molecule has 0 radical (unpaired) electrons. The quantitative estimate of drug-likeness (QED) is 0.678. The van der Waals surface area contributed by atoms with Crippen molar-refractivity contribution in [1.29, 1.82) is 0 Å². The molecule has 7 nitrogen and oxygen atoms in total. The molecule has 1 saturated heterocycles. The Bertz CT molecular complexity index is 419. The third kappa shape index (κ3) is 7.81. The fraction of sp³-hybridized carbons (Fsp3) is 0.895. The molecule has 0 aliphatic carbocycles. The number of nitrogens with zero attached hydrogens (tertiary/aromatic N) is 3. The summed E-state index contributed by atoms with van der Waals surface area (Å²) in [6, 6.07) is 0.136. The molecule has 0 aromatic rings. The first-order chi connectivity index (χ1) is 12.4. The Morgan fingerprint density at radius 3 is 2.23 bits per heavy atom. The molecular formula is C19H38N4O3. The van der Waals surface area contributed by atoms with Gasteiger partial charge in [-0.15, -0.1) is 0 Å². The second-order valence-corrected chi connectivity index (χ2v) is 7.28. The van der Waals surface area contributed by atoms with Crippen LogP contribution in [-0.2, 0) is 4.74 Å². The standard InChI is InChI=1S/C19H38N4O3/c1-6-21(7-2)13-14-23(15-16(4)5)18(24)20-17-9-11-22(12-10-17)19(25)26-8-3/h16-17H,6-15H2,1-5H3,(H,20,24). The molecule has 7 heteroatoms. The Kier molecular flexibility index (Phi) is 10.4. The molecule has 1 fully saturated rings. The van der Waals surface area contributed by atoms with Gasteiger partial charge in [0.25, 0.3) is 0 Å². The van der Waals surface area contributed by atoms with Crippen molar-refractivity contribution in [3.8, 4) is 0 Å². The second-order valence-electron chi connectivity index (χ2n) is 7.28. The molecule has 0 aromatic heterocycles. The van der Waals surface area contributed by atoms with Gasteiger partial charge in [-0.2, -0.15) is 0 Å². The van der Waals surface area contributed by atoms with Gasteiger partial charge in [0.15, 0.2) is 0 Å². The Labute approximate surface area is 159 Å². The zero-order chi connectivity index (χ0) is 19.5. The lowest BCUT2D eigenvalue weighted by molar-refractivity contribution is 0.0948. The summed E-state index contributed by atoms with van der Waals surface area (Å²) in [5.41, 5.74) is 0. The van der Waals surface area contributed by atoms with E-state index in [1.54, 1.807) is 4.90 Å². The molecule has 0 saturated carbocycles. The first-order valence-corrected chi connectivity index (χ1v) is 10.1. The van der Waals surface area contributed by atoms with Gasteiger partial charge in [-0.1, -0.05) is 27.7 Å². The van der Waals surface area contributed by atoms with E-state index in [4.69, 9.17) is 4.74 Å². The van der Waals surface area contributed by atoms with Gasteiger partial charge in [0, 0.05) is 38.8 Å². The van der Waals surface area contributed by atoms with Crippen LogP contribution in [0, 0.1) is 5.92 Å². The highest BCUT2D eigenvalue weighted by Crippen LogP contribution is 2.12. The summed E-state index contributed by atoms with van der Waals surface area (Å²) in [5.74, 6) is 0.433. The van der Waals surface area contributed by atoms with E-state index in [1.165, 1.54) is 0 Å². The molecule has 152 valence electrons. The number of nitrogens with one attached hydrogen (secondary N) is 1. The van der Waals surface area contributed by atoms with Crippen LogP contribution in [0.1, 0.15) is 47.5 Å². The molecule has 0 aromatic carbocycles. The van der Waals surface area contributed by atoms with Gasteiger partial charge in [0.1, 0.15) is 0 Å². The van der Waals surface area contributed by atoms with Crippen LogP contribution in [-0.4, -0.2) is 85.3 Å². The van der Waals surface area contributed by atoms with Crippen molar-refractivity contribution in [2.45, 2.75) is 53.5 Å².